The summed E-state index contributed by atoms with van der Waals surface area (Å²) in [6, 6.07) is 2.59. The molecule has 1 aromatic carbocycles. The molecular formula is C26H31F2N5O5. The van der Waals surface area contributed by atoms with Crippen LogP contribution in [-0.4, -0.2) is 95.9 Å². The van der Waals surface area contributed by atoms with E-state index in [1.807, 2.05) is 0 Å². The summed E-state index contributed by atoms with van der Waals surface area (Å²) in [6.45, 7) is 0.706. The van der Waals surface area contributed by atoms with Crippen LogP contribution in [-0.2, 0) is 30.5 Å². The number of nitrogens with one attached hydrogen (secondary N) is 1. The third-order valence-electron chi connectivity index (χ3n) is 8.02. The molecule has 12 heteroatoms. The molecule has 38 heavy (non-hydrogen) atoms. The minimum absolute atomic E-state index is 0.0232. The number of benzene rings is 1. The predicted molar refractivity (Wildman–Crippen MR) is 132 cm³/mol. The molecule has 0 radical (unpaired) electrons. The largest absolute Gasteiger partial charge is 0.350 e. The topological polar surface area (TPSA) is 119 Å². The molecule has 0 spiro atoms. The highest BCUT2D eigenvalue weighted by Gasteiger charge is 2.59. The average molecular weight is 532 g/mol. The average Bonchev–Trinajstić information content (AvgIpc) is 3.14. The number of halogens is 2. The quantitative estimate of drug-likeness (QED) is 0.445. The third kappa shape index (κ3) is 4.45. The maximum atomic E-state index is 14.3. The van der Waals surface area contributed by atoms with Crippen molar-refractivity contribution in [3.05, 3.63) is 35.1 Å². The normalized spacial score (nSPS) is 26.3. The second-order valence-electron chi connectivity index (χ2n) is 10.6. The van der Waals surface area contributed by atoms with Crippen molar-refractivity contribution >= 4 is 35.2 Å². The number of nitrogens with zero attached hydrogens (tertiary/aromatic N) is 4. The minimum Gasteiger partial charge on any atom is -0.350 e. The highest BCUT2D eigenvalue weighted by Crippen LogP contribution is 2.49. The molecule has 3 fully saturated rings. The molecule has 1 unspecified atom stereocenters. The highest BCUT2D eigenvalue weighted by molar-refractivity contribution is 6.46. The van der Waals surface area contributed by atoms with Crippen molar-refractivity contribution in [3.63, 3.8) is 0 Å². The van der Waals surface area contributed by atoms with E-state index in [1.165, 1.54) is 38.2 Å². The first-order valence-electron chi connectivity index (χ1n) is 12.4. The summed E-state index contributed by atoms with van der Waals surface area (Å²) in [7, 11) is 4.29. The number of carbonyl (C=O) groups is 5. The summed E-state index contributed by atoms with van der Waals surface area (Å²) in [6.07, 6.45) is 1.02. The maximum absolute atomic E-state index is 14.3. The Bertz CT molecular complexity index is 1240. The van der Waals surface area contributed by atoms with E-state index in [9.17, 15) is 32.8 Å². The lowest BCUT2D eigenvalue weighted by molar-refractivity contribution is -0.152. The zero-order valence-corrected chi connectivity index (χ0v) is 21.8. The maximum Gasteiger partial charge on any atom is 0.312 e. The Kier molecular flexibility index (Phi) is 7.11. The van der Waals surface area contributed by atoms with Crippen LogP contribution in [0.2, 0.25) is 0 Å². The van der Waals surface area contributed by atoms with Crippen LogP contribution in [0, 0.1) is 18.2 Å². The first kappa shape index (κ1) is 27.3. The Morgan fingerprint density at radius 3 is 2.34 bits per heavy atom. The highest BCUT2D eigenvalue weighted by atomic mass is 19.1. The van der Waals surface area contributed by atoms with Gasteiger partial charge in [-0.05, 0) is 49.8 Å². The molecule has 1 N–H and O–H groups in total. The molecule has 1 saturated carbocycles. The van der Waals surface area contributed by atoms with Gasteiger partial charge in [0.25, 0.3) is 17.6 Å². The van der Waals surface area contributed by atoms with Crippen LogP contribution in [0.25, 0.3) is 0 Å². The monoisotopic (exact) mass is 531 g/mol. The van der Waals surface area contributed by atoms with E-state index in [-0.39, 0.29) is 31.8 Å². The molecule has 10 nitrogen and oxygen atoms in total. The van der Waals surface area contributed by atoms with Gasteiger partial charge >= 0.3 is 11.8 Å². The molecule has 5 rings (SSSR count). The number of likely N-dealkylation sites (N-methyl/N-ethyl adjacent to an activating group) is 2. The van der Waals surface area contributed by atoms with Crippen molar-refractivity contribution in [2.75, 3.05) is 34.4 Å². The summed E-state index contributed by atoms with van der Waals surface area (Å²) in [4.78, 5) is 72.9. The molecule has 1 aliphatic carbocycles. The number of Topliss-reactive ketones (excluding diaryl/α,β-unsaturated/α-hetero) is 1. The van der Waals surface area contributed by atoms with Gasteiger partial charge in [0.05, 0.1) is 6.67 Å². The minimum atomic E-state index is -1.71. The van der Waals surface area contributed by atoms with Crippen molar-refractivity contribution in [3.8, 4) is 0 Å². The van der Waals surface area contributed by atoms with Gasteiger partial charge in [-0.3, -0.25) is 33.3 Å². The van der Waals surface area contributed by atoms with E-state index in [0.717, 1.165) is 9.80 Å². The number of aliphatic imine (C=N–C) groups is 1. The van der Waals surface area contributed by atoms with Crippen LogP contribution in [0.5, 0.6) is 0 Å². The molecule has 3 aliphatic heterocycles. The zero-order valence-electron chi connectivity index (χ0n) is 21.8. The molecule has 2 bridgehead atoms. The lowest BCUT2D eigenvalue weighted by Crippen LogP contribution is -2.65. The van der Waals surface area contributed by atoms with Gasteiger partial charge in [0, 0.05) is 39.6 Å². The van der Waals surface area contributed by atoms with E-state index in [4.69, 9.17) is 0 Å². The lowest BCUT2D eigenvalue weighted by Gasteiger charge is -2.46. The van der Waals surface area contributed by atoms with E-state index in [1.54, 1.807) is 13.0 Å². The first-order valence-corrected chi connectivity index (χ1v) is 12.4. The fourth-order valence-electron chi connectivity index (χ4n) is 5.50. The number of hydrogen-bond acceptors (Lipinski definition) is 6. The van der Waals surface area contributed by atoms with Gasteiger partial charge in [0.1, 0.15) is 17.2 Å². The predicted octanol–water partition coefficient (Wildman–Crippen LogP) is 0.758. The van der Waals surface area contributed by atoms with E-state index < -0.39 is 58.9 Å². The third-order valence-corrected chi connectivity index (χ3v) is 8.02. The fraction of sp³-hybridized carbons (Fsp3) is 0.538. The van der Waals surface area contributed by atoms with Gasteiger partial charge < -0.3 is 15.1 Å². The molecule has 204 valence electrons. The van der Waals surface area contributed by atoms with E-state index in [2.05, 4.69) is 10.3 Å². The number of amides is 4. The van der Waals surface area contributed by atoms with Crippen LogP contribution in [0.1, 0.15) is 36.8 Å². The Labute approximate surface area is 219 Å². The van der Waals surface area contributed by atoms with Gasteiger partial charge in [-0.1, -0.05) is 12.1 Å². The van der Waals surface area contributed by atoms with Crippen LogP contribution in [0.3, 0.4) is 0 Å². The fourth-order valence-corrected chi connectivity index (χ4v) is 5.50. The Hall–Kier alpha value is -3.70. The summed E-state index contributed by atoms with van der Waals surface area (Å²) in [5.41, 5.74) is -1.22. The Morgan fingerprint density at radius 2 is 1.76 bits per heavy atom. The molecule has 0 aromatic heterocycles. The van der Waals surface area contributed by atoms with Crippen LogP contribution in [0.4, 0.5) is 8.78 Å². The Morgan fingerprint density at radius 1 is 1.11 bits per heavy atom. The molecular weight excluding hydrogens is 500 g/mol. The van der Waals surface area contributed by atoms with Crippen molar-refractivity contribution < 1.29 is 32.8 Å². The van der Waals surface area contributed by atoms with Gasteiger partial charge in [-0.2, -0.15) is 0 Å². The van der Waals surface area contributed by atoms with Crippen molar-refractivity contribution in [1.82, 2.24) is 20.0 Å². The van der Waals surface area contributed by atoms with Gasteiger partial charge in [-0.25, -0.2) is 9.38 Å². The number of carbonyl (C=O) groups excluding carboxylic acids is 5. The molecule has 1 aromatic rings. The number of hydrogen-bond donors (Lipinski definition) is 1. The lowest BCUT2D eigenvalue weighted by atomic mass is 9.68. The summed E-state index contributed by atoms with van der Waals surface area (Å²) >= 11 is 0. The summed E-state index contributed by atoms with van der Waals surface area (Å²) < 4.78 is 27.9. The number of aryl methyl sites for hydroxylation is 1. The molecule has 4 amide bonds. The smallest absolute Gasteiger partial charge is 0.312 e. The first-order chi connectivity index (χ1) is 17.9. The van der Waals surface area contributed by atoms with Gasteiger partial charge in [0.2, 0.25) is 0 Å². The number of alkyl halides is 1. The van der Waals surface area contributed by atoms with E-state index in [0.29, 0.717) is 24.0 Å². The molecule has 4 aliphatic rings. The zero-order chi connectivity index (χ0) is 28.0. The molecule has 2 saturated heterocycles. The molecule has 1 atom stereocenters. The van der Waals surface area contributed by atoms with Crippen LogP contribution in [0.15, 0.2) is 23.2 Å². The van der Waals surface area contributed by atoms with Crippen LogP contribution < -0.4 is 5.32 Å². The second kappa shape index (κ2) is 9.88. The summed E-state index contributed by atoms with van der Waals surface area (Å²) in [5, 5.41) is 2.58. The number of ketones is 1. The number of amidine groups is 1. The number of fused-ring (bicyclic) bond motifs is 2. The van der Waals surface area contributed by atoms with Crippen molar-refractivity contribution in [2.45, 2.75) is 50.7 Å². The van der Waals surface area contributed by atoms with E-state index >= 15 is 0 Å². The van der Waals surface area contributed by atoms with Crippen molar-refractivity contribution in [1.29, 1.82) is 0 Å². The van der Waals surface area contributed by atoms with Gasteiger partial charge in [0.15, 0.2) is 6.04 Å². The Balaban J connectivity index is 1.71. The second-order valence-corrected chi connectivity index (χ2v) is 10.6. The molecule has 3 heterocycles. The van der Waals surface area contributed by atoms with Crippen molar-refractivity contribution in [2.24, 2.45) is 10.4 Å². The SMILES string of the molecule is Cc1cc(CNC(=O)C2N=C3N(CC4(CF)CCC3(N(C)C(=O)C(=O)N(C)C)CC4)C(=O)C2=O)ccc1F. The number of rotatable bonds is 5. The van der Waals surface area contributed by atoms with Gasteiger partial charge in [-0.15, -0.1) is 0 Å². The standard InChI is InChI=1S/C26H31F2N5O5/c1-15-11-16(5-6-17(15)28)12-29-20(35)18-19(34)21(36)33-14-25(13-27)7-9-26(10-8-25,24(33)30-18)32(4)23(38)22(37)31(2)3/h5-6,11,18H,7-10,12-14H2,1-4H3,(H,29,35). The van der Waals surface area contributed by atoms with Crippen LogP contribution >= 0.6 is 0 Å². The summed E-state index contributed by atoms with van der Waals surface area (Å²) in [5.74, 6) is -4.90.